The molecule has 1 aromatic carbocycles. The molecule has 1 atom stereocenters. The predicted molar refractivity (Wildman–Crippen MR) is 129 cm³/mol. The normalized spacial score (nSPS) is 12.1. The average Bonchev–Trinajstić information content (AvgIpc) is 2.68. The van der Waals surface area contributed by atoms with Gasteiger partial charge < -0.3 is 25.4 Å². The van der Waals surface area contributed by atoms with Crippen LogP contribution >= 0.6 is 24.0 Å². The highest BCUT2D eigenvalue weighted by atomic mass is 127. The number of guanidine groups is 1. The molecule has 8 heteroatoms. The molecule has 0 heterocycles. The maximum Gasteiger partial charge on any atom is 0.257 e. The summed E-state index contributed by atoms with van der Waals surface area (Å²) in [7, 11) is 1.75. The van der Waals surface area contributed by atoms with E-state index in [1.165, 1.54) is 0 Å². The van der Waals surface area contributed by atoms with Crippen molar-refractivity contribution in [1.82, 2.24) is 16.0 Å². The van der Waals surface area contributed by atoms with Crippen LogP contribution in [0, 0.1) is 5.92 Å². The standard InChI is InChI=1S/C21H36N4O3.HI/c1-6-23-20(26)15-28-18-10-8-9-17(13-18)14-25-21(22-5)24-12-11-19(16(3)4)27-7-2;/h8-10,13,16,19H,6-7,11-12,14-15H2,1-5H3,(H,23,26)(H2,22,24,25);1H. The fourth-order valence-electron chi connectivity index (χ4n) is 2.70. The van der Waals surface area contributed by atoms with Gasteiger partial charge in [-0.05, 0) is 43.9 Å². The van der Waals surface area contributed by atoms with Gasteiger partial charge in [0.2, 0.25) is 0 Å². The lowest BCUT2D eigenvalue weighted by Gasteiger charge is -2.21. The van der Waals surface area contributed by atoms with Crippen molar-refractivity contribution in [3.8, 4) is 5.75 Å². The third-order valence-corrected chi connectivity index (χ3v) is 4.17. The molecule has 29 heavy (non-hydrogen) atoms. The minimum Gasteiger partial charge on any atom is -0.484 e. The van der Waals surface area contributed by atoms with E-state index in [0.29, 0.717) is 24.8 Å². The highest BCUT2D eigenvalue weighted by Gasteiger charge is 2.13. The van der Waals surface area contributed by atoms with E-state index in [2.05, 4.69) is 34.8 Å². The van der Waals surface area contributed by atoms with E-state index in [9.17, 15) is 4.79 Å². The molecule has 1 amide bonds. The van der Waals surface area contributed by atoms with Crippen molar-refractivity contribution in [3.63, 3.8) is 0 Å². The lowest BCUT2D eigenvalue weighted by molar-refractivity contribution is -0.122. The van der Waals surface area contributed by atoms with Crippen LogP contribution in [-0.2, 0) is 16.1 Å². The maximum absolute atomic E-state index is 11.5. The zero-order chi connectivity index (χ0) is 20.8. The summed E-state index contributed by atoms with van der Waals surface area (Å²) in [5.41, 5.74) is 1.05. The summed E-state index contributed by atoms with van der Waals surface area (Å²) < 4.78 is 11.3. The zero-order valence-electron chi connectivity index (χ0n) is 18.3. The highest BCUT2D eigenvalue weighted by Crippen LogP contribution is 2.13. The molecule has 0 fully saturated rings. The fraction of sp³-hybridized carbons (Fsp3) is 0.619. The van der Waals surface area contributed by atoms with Crippen LogP contribution in [0.3, 0.4) is 0 Å². The van der Waals surface area contributed by atoms with Crippen LogP contribution in [0.1, 0.15) is 39.7 Å². The number of nitrogens with one attached hydrogen (secondary N) is 3. The molecule has 1 rings (SSSR count). The number of ether oxygens (including phenoxy) is 2. The summed E-state index contributed by atoms with van der Waals surface area (Å²) in [6.45, 7) is 11.0. The molecule has 0 bridgehead atoms. The molecular formula is C21H37IN4O3. The lowest BCUT2D eigenvalue weighted by Crippen LogP contribution is -2.38. The number of likely N-dealkylation sites (N-methyl/N-ethyl adjacent to an activating group) is 1. The lowest BCUT2D eigenvalue weighted by atomic mass is 10.0. The van der Waals surface area contributed by atoms with Crippen LogP contribution in [0.15, 0.2) is 29.3 Å². The zero-order valence-corrected chi connectivity index (χ0v) is 20.6. The van der Waals surface area contributed by atoms with Gasteiger partial charge in [-0.25, -0.2) is 0 Å². The Labute approximate surface area is 192 Å². The molecule has 166 valence electrons. The first-order valence-corrected chi connectivity index (χ1v) is 10.0. The SMILES string of the molecule is CCNC(=O)COc1cccc(CNC(=NC)NCCC(OCC)C(C)C)c1.I. The van der Waals surface area contributed by atoms with Gasteiger partial charge in [0.15, 0.2) is 12.6 Å². The molecule has 3 N–H and O–H groups in total. The maximum atomic E-state index is 11.5. The smallest absolute Gasteiger partial charge is 0.257 e. The Balaban J connectivity index is 0.00000784. The first-order chi connectivity index (χ1) is 13.5. The van der Waals surface area contributed by atoms with Crippen molar-refractivity contribution in [3.05, 3.63) is 29.8 Å². The number of aliphatic imine (C=N–C) groups is 1. The Morgan fingerprint density at radius 2 is 1.93 bits per heavy atom. The van der Waals surface area contributed by atoms with Crippen molar-refractivity contribution in [2.75, 3.05) is 33.4 Å². The molecule has 0 spiro atoms. The minimum atomic E-state index is -0.123. The van der Waals surface area contributed by atoms with Gasteiger partial charge in [-0.1, -0.05) is 26.0 Å². The summed E-state index contributed by atoms with van der Waals surface area (Å²) in [6.07, 6.45) is 1.17. The largest absolute Gasteiger partial charge is 0.484 e. The third-order valence-electron chi connectivity index (χ3n) is 4.17. The minimum absolute atomic E-state index is 0. The van der Waals surface area contributed by atoms with Crippen molar-refractivity contribution in [2.24, 2.45) is 10.9 Å². The second kappa shape index (κ2) is 16.3. The van der Waals surface area contributed by atoms with E-state index >= 15 is 0 Å². The van der Waals surface area contributed by atoms with Gasteiger partial charge >= 0.3 is 0 Å². The number of halogens is 1. The fourth-order valence-corrected chi connectivity index (χ4v) is 2.70. The van der Waals surface area contributed by atoms with Crippen molar-refractivity contribution >= 4 is 35.8 Å². The number of carbonyl (C=O) groups is 1. The Morgan fingerprint density at radius 3 is 2.55 bits per heavy atom. The Hall–Kier alpha value is -1.55. The summed E-state index contributed by atoms with van der Waals surface area (Å²) in [4.78, 5) is 15.8. The molecule has 0 aliphatic rings. The van der Waals surface area contributed by atoms with Gasteiger partial charge in [0.1, 0.15) is 5.75 Å². The topological polar surface area (TPSA) is 84.0 Å². The van der Waals surface area contributed by atoms with E-state index in [4.69, 9.17) is 9.47 Å². The Morgan fingerprint density at radius 1 is 1.17 bits per heavy atom. The molecule has 0 aliphatic heterocycles. The number of carbonyl (C=O) groups excluding carboxylic acids is 1. The molecule has 0 saturated heterocycles. The second-order valence-corrected chi connectivity index (χ2v) is 6.77. The van der Waals surface area contributed by atoms with Crippen LogP contribution in [0.2, 0.25) is 0 Å². The van der Waals surface area contributed by atoms with Gasteiger partial charge in [-0.2, -0.15) is 0 Å². The summed E-state index contributed by atoms with van der Waals surface area (Å²) in [6, 6.07) is 7.68. The molecular weight excluding hydrogens is 483 g/mol. The van der Waals surface area contributed by atoms with Gasteiger partial charge in [-0.3, -0.25) is 9.79 Å². The Kier molecular flexibility index (Phi) is 15.4. The molecule has 1 aromatic rings. The molecule has 0 radical (unpaired) electrons. The van der Waals surface area contributed by atoms with E-state index in [-0.39, 0.29) is 42.6 Å². The number of benzene rings is 1. The monoisotopic (exact) mass is 520 g/mol. The van der Waals surface area contributed by atoms with Crippen LogP contribution in [0.25, 0.3) is 0 Å². The van der Waals surface area contributed by atoms with Crippen molar-refractivity contribution in [2.45, 2.75) is 46.8 Å². The molecule has 7 nitrogen and oxygen atoms in total. The van der Waals surface area contributed by atoms with Gasteiger partial charge in [0.25, 0.3) is 5.91 Å². The van der Waals surface area contributed by atoms with E-state index in [0.717, 1.165) is 31.1 Å². The summed E-state index contributed by atoms with van der Waals surface area (Å²) in [5, 5.41) is 9.33. The predicted octanol–water partition coefficient (Wildman–Crippen LogP) is 2.94. The van der Waals surface area contributed by atoms with E-state index in [1.807, 2.05) is 38.1 Å². The van der Waals surface area contributed by atoms with Gasteiger partial charge in [-0.15, -0.1) is 24.0 Å². The van der Waals surface area contributed by atoms with Gasteiger partial charge in [0.05, 0.1) is 6.10 Å². The highest BCUT2D eigenvalue weighted by molar-refractivity contribution is 14.0. The van der Waals surface area contributed by atoms with E-state index < -0.39 is 0 Å². The average molecular weight is 520 g/mol. The first kappa shape index (κ1) is 27.5. The van der Waals surface area contributed by atoms with Crippen LogP contribution in [0.4, 0.5) is 0 Å². The summed E-state index contributed by atoms with van der Waals surface area (Å²) in [5.74, 6) is 1.78. The van der Waals surface area contributed by atoms with Crippen molar-refractivity contribution < 1.29 is 14.3 Å². The van der Waals surface area contributed by atoms with Crippen LogP contribution in [0.5, 0.6) is 5.75 Å². The second-order valence-electron chi connectivity index (χ2n) is 6.77. The van der Waals surface area contributed by atoms with E-state index in [1.54, 1.807) is 7.05 Å². The number of amides is 1. The molecule has 1 unspecified atom stereocenters. The molecule has 0 aromatic heterocycles. The molecule has 0 aliphatic carbocycles. The van der Waals surface area contributed by atoms with Gasteiger partial charge in [0, 0.05) is 33.3 Å². The van der Waals surface area contributed by atoms with Crippen LogP contribution in [-0.4, -0.2) is 51.3 Å². The van der Waals surface area contributed by atoms with Crippen molar-refractivity contribution in [1.29, 1.82) is 0 Å². The number of hydrogen-bond acceptors (Lipinski definition) is 4. The Bertz CT molecular complexity index is 611. The quantitative estimate of drug-likeness (QED) is 0.224. The first-order valence-electron chi connectivity index (χ1n) is 10.0. The van der Waals surface area contributed by atoms with Crippen LogP contribution < -0.4 is 20.7 Å². The number of rotatable bonds is 12. The summed E-state index contributed by atoms with van der Waals surface area (Å²) >= 11 is 0. The molecule has 0 saturated carbocycles. The number of hydrogen-bond donors (Lipinski definition) is 3. The third kappa shape index (κ3) is 11.9. The number of nitrogens with zero attached hydrogens (tertiary/aromatic N) is 1.